The van der Waals surface area contributed by atoms with Crippen LogP contribution in [0.3, 0.4) is 0 Å². The number of amides is 2. The highest BCUT2D eigenvalue weighted by molar-refractivity contribution is 6.31. The van der Waals surface area contributed by atoms with Crippen LogP contribution in [0.2, 0.25) is 5.02 Å². The predicted octanol–water partition coefficient (Wildman–Crippen LogP) is 1.85. The molecule has 1 saturated heterocycles. The first-order chi connectivity index (χ1) is 9.93. The lowest BCUT2D eigenvalue weighted by Crippen LogP contribution is -2.39. The van der Waals surface area contributed by atoms with Gasteiger partial charge in [0.15, 0.2) is 0 Å². The van der Waals surface area contributed by atoms with Crippen molar-refractivity contribution in [2.45, 2.75) is 19.4 Å². The molecule has 2 unspecified atom stereocenters. The molecule has 1 aromatic carbocycles. The van der Waals surface area contributed by atoms with E-state index in [0.29, 0.717) is 18.7 Å². The predicted molar refractivity (Wildman–Crippen MR) is 75.4 cm³/mol. The number of anilines is 1. The molecule has 1 aliphatic rings. The van der Waals surface area contributed by atoms with E-state index in [4.69, 9.17) is 11.6 Å². The van der Waals surface area contributed by atoms with Gasteiger partial charge >= 0.3 is 0 Å². The molecular weight excluding hydrogens is 299 g/mol. The zero-order valence-corrected chi connectivity index (χ0v) is 12.1. The summed E-state index contributed by atoms with van der Waals surface area (Å²) in [6.07, 6.45) is 0.720. The molecule has 0 bridgehead atoms. The Hall–Kier alpha value is -1.95. The average molecular weight is 313 g/mol. The maximum Gasteiger partial charge on any atom is 0.286 e. The van der Waals surface area contributed by atoms with Gasteiger partial charge in [0.1, 0.15) is 5.82 Å². The second-order valence-corrected chi connectivity index (χ2v) is 5.31. The number of carbonyl (C=O) groups excluding carboxylic acids is 3. The molecule has 21 heavy (non-hydrogen) atoms. The molecule has 7 heteroatoms. The van der Waals surface area contributed by atoms with Crippen LogP contribution in [-0.2, 0) is 14.4 Å². The van der Waals surface area contributed by atoms with Crippen LogP contribution < -0.4 is 5.32 Å². The summed E-state index contributed by atoms with van der Waals surface area (Å²) in [5.41, 5.74) is 0.388. The molecule has 1 fully saturated rings. The molecule has 1 aromatic rings. The molecule has 0 aliphatic carbocycles. The number of aldehydes is 1. The summed E-state index contributed by atoms with van der Waals surface area (Å²) in [7, 11) is 0. The smallest absolute Gasteiger partial charge is 0.286 e. The number of benzene rings is 1. The number of likely N-dealkylation sites (tertiary alicyclic amines) is 1. The Morgan fingerprint density at radius 3 is 2.81 bits per heavy atom. The molecule has 0 aromatic heterocycles. The topological polar surface area (TPSA) is 66.5 Å². The average Bonchev–Trinajstić information content (AvgIpc) is 2.84. The number of carbonyl (C=O) groups is 3. The number of hydrogen-bond acceptors (Lipinski definition) is 3. The second-order valence-electron chi connectivity index (χ2n) is 4.90. The normalized spacial score (nSPS) is 21.2. The third-order valence-corrected chi connectivity index (χ3v) is 3.95. The van der Waals surface area contributed by atoms with Crippen LogP contribution in [0.1, 0.15) is 13.3 Å². The summed E-state index contributed by atoms with van der Waals surface area (Å²) < 4.78 is 13.1. The van der Waals surface area contributed by atoms with Crippen LogP contribution in [-0.4, -0.2) is 35.6 Å². The van der Waals surface area contributed by atoms with Crippen LogP contribution in [0, 0.1) is 11.7 Å². The van der Waals surface area contributed by atoms with Gasteiger partial charge in [-0.3, -0.25) is 14.4 Å². The standard InChI is InChI=1S/C14H14ClFN2O3/c1-8-10(4-5-18(8)13(20)7-19)14(21)17-9-2-3-12(16)11(15)6-9/h2-3,6-8,10H,4-5H2,1H3,(H,17,21). The molecule has 5 nitrogen and oxygen atoms in total. The fraction of sp³-hybridized carbons (Fsp3) is 0.357. The Kier molecular flexibility index (Phi) is 4.57. The van der Waals surface area contributed by atoms with Gasteiger partial charge in [0.05, 0.1) is 10.9 Å². The van der Waals surface area contributed by atoms with E-state index in [9.17, 15) is 18.8 Å². The van der Waals surface area contributed by atoms with Crippen molar-refractivity contribution in [2.24, 2.45) is 5.92 Å². The van der Waals surface area contributed by atoms with Gasteiger partial charge in [0.2, 0.25) is 12.2 Å². The van der Waals surface area contributed by atoms with Crippen LogP contribution in [0.5, 0.6) is 0 Å². The van der Waals surface area contributed by atoms with Crippen LogP contribution in [0.4, 0.5) is 10.1 Å². The maximum absolute atomic E-state index is 13.1. The van der Waals surface area contributed by atoms with Gasteiger partial charge < -0.3 is 10.2 Å². The van der Waals surface area contributed by atoms with Gasteiger partial charge in [0.25, 0.3) is 5.91 Å². The summed E-state index contributed by atoms with van der Waals surface area (Å²) in [5, 5.41) is 2.56. The van der Waals surface area contributed by atoms with Crippen molar-refractivity contribution < 1.29 is 18.8 Å². The highest BCUT2D eigenvalue weighted by Crippen LogP contribution is 2.26. The van der Waals surface area contributed by atoms with Gasteiger partial charge in [-0.05, 0) is 31.5 Å². The minimum Gasteiger partial charge on any atom is -0.333 e. The van der Waals surface area contributed by atoms with E-state index in [1.54, 1.807) is 6.92 Å². The van der Waals surface area contributed by atoms with Crippen molar-refractivity contribution in [3.8, 4) is 0 Å². The summed E-state index contributed by atoms with van der Waals surface area (Å²) in [6.45, 7) is 2.08. The van der Waals surface area contributed by atoms with Crippen molar-refractivity contribution in [2.75, 3.05) is 11.9 Å². The molecule has 1 N–H and O–H groups in total. The number of nitrogens with one attached hydrogen (secondary N) is 1. The van der Waals surface area contributed by atoms with Gasteiger partial charge in [-0.1, -0.05) is 11.6 Å². The van der Waals surface area contributed by atoms with E-state index in [-0.39, 0.29) is 23.3 Å². The number of rotatable bonds is 3. The summed E-state index contributed by atoms with van der Waals surface area (Å²) >= 11 is 5.65. The van der Waals surface area contributed by atoms with Gasteiger partial charge in [-0.25, -0.2) is 4.39 Å². The molecule has 112 valence electrons. The first-order valence-electron chi connectivity index (χ1n) is 6.45. The van der Waals surface area contributed by atoms with Crippen molar-refractivity contribution in [3.63, 3.8) is 0 Å². The molecule has 2 atom stereocenters. The summed E-state index contributed by atoms with van der Waals surface area (Å²) in [4.78, 5) is 35.5. The van der Waals surface area contributed by atoms with E-state index in [0.717, 1.165) is 6.07 Å². The molecule has 1 aliphatic heterocycles. The van der Waals surface area contributed by atoms with Crippen LogP contribution in [0.15, 0.2) is 18.2 Å². The van der Waals surface area contributed by atoms with E-state index in [1.165, 1.54) is 17.0 Å². The molecule has 2 amide bonds. The molecule has 1 heterocycles. The van der Waals surface area contributed by atoms with Crippen molar-refractivity contribution in [3.05, 3.63) is 29.0 Å². The van der Waals surface area contributed by atoms with Crippen molar-refractivity contribution in [1.29, 1.82) is 0 Å². The number of hydrogen-bond donors (Lipinski definition) is 1. The largest absolute Gasteiger partial charge is 0.333 e. The minimum atomic E-state index is -0.623. The highest BCUT2D eigenvalue weighted by Gasteiger charge is 2.37. The van der Waals surface area contributed by atoms with Gasteiger partial charge in [0, 0.05) is 18.3 Å². The lowest BCUT2D eigenvalue weighted by atomic mass is 10.0. The SMILES string of the molecule is CC1C(C(=O)Nc2ccc(F)c(Cl)c2)CCN1C(=O)C=O. The lowest BCUT2D eigenvalue weighted by molar-refractivity contribution is -0.139. The van der Waals surface area contributed by atoms with E-state index in [2.05, 4.69) is 5.32 Å². The molecular formula is C14H14ClFN2O3. The third kappa shape index (κ3) is 3.21. The fourth-order valence-corrected chi connectivity index (χ4v) is 2.66. The zero-order chi connectivity index (χ0) is 15.6. The van der Waals surface area contributed by atoms with E-state index < -0.39 is 17.6 Å². The zero-order valence-electron chi connectivity index (χ0n) is 11.3. The summed E-state index contributed by atoms with van der Waals surface area (Å²) in [5.74, 6) is -1.89. The van der Waals surface area contributed by atoms with Crippen molar-refractivity contribution >= 4 is 35.4 Å². The Bertz CT molecular complexity index is 594. The third-order valence-electron chi connectivity index (χ3n) is 3.66. The fourth-order valence-electron chi connectivity index (χ4n) is 2.48. The molecule has 0 saturated carbocycles. The lowest BCUT2D eigenvalue weighted by Gasteiger charge is -2.22. The van der Waals surface area contributed by atoms with E-state index in [1.807, 2.05) is 0 Å². The molecule has 0 spiro atoms. The minimum absolute atomic E-state index is 0.0787. The van der Waals surface area contributed by atoms with Gasteiger partial charge in [-0.2, -0.15) is 0 Å². The number of halogens is 2. The Morgan fingerprint density at radius 2 is 2.19 bits per heavy atom. The van der Waals surface area contributed by atoms with Crippen LogP contribution in [0.25, 0.3) is 0 Å². The first-order valence-corrected chi connectivity index (χ1v) is 6.83. The molecule has 0 radical (unpaired) electrons. The molecule has 2 rings (SSSR count). The monoisotopic (exact) mass is 312 g/mol. The van der Waals surface area contributed by atoms with Crippen LogP contribution >= 0.6 is 11.6 Å². The van der Waals surface area contributed by atoms with E-state index >= 15 is 0 Å². The van der Waals surface area contributed by atoms with Crippen molar-refractivity contribution in [1.82, 2.24) is 4.90 Å². The highest BCUT2D eigenvalue weighted by atomic mass is 35.5. The summed E-state index contributed by atoms with van der Waals surface area (Å²) in [6, 6.07) is 3.53. The Balaban J connectivity index is 2.05. The maximum atomic E-state index is 13.1. The number of nitrogens with zero attached hydrogens (tertiary/aromatic N) is 1. The van der Waals surface area contributed by atoms with Gasteiger partial charge in [-0.15, -0.1) is 0 Å². The quantitative estimate of drug-likeness (QED) is 0.684. The Morgan fingerprint density at radius 1 is 1.48 bits per heavy atom. The Labute approximate surface area is 126 Å². The first kappa shape index (κ1) is 15.4. The second kappa shape index (κ2) is 6.22.